The van der Waals surface area contributed by atoms with Crippen molar-refractivity contribution in [3.05, 3.63) is 46.2 Å². The molecule has 7 nitrogen and oxygen atoms in total. The summed E-state index contributed by atoms with van der Waals surface area (Å²) < 4.78 is 48.0. The van der Waals surface area contributed by atoms with Crippen LogP contribution in [0.4, 0.5) is 23.7 Å². The van der Waals surface area contributed by atoms with Crippen LogP contribution in [0.1, 0.15) is 21.7 Å². The molecule has 144 valence electrons. The van der Waals surface area contributed by atoms with Crippen LogP contribution in [-0.2, 0) is 17.4 Å². The summed E-state index contributed by atoms with van der Waals surface area (Å²) in [7, 11) is 1.59. The molecule has 0 saturated heterocycles. The van der Waals surface area contributed by atoms with Gasteiger partial charge in [-0.05, 0) is 31.2 Å². The summed E-state index contributed by atoms with van der Waals surface area (Å²) in [6, 6.07) is 5.04. The molecule has 2 heterocycles. The summed E-state index contributed by atoms with van der Waals surface area (Å²) in [5.41, 5.74) is -3.00. The summed E-state index contributed by atoms with van der Waals surface area (Å²) in [6.45, 7) is 0.652. The molecule has 1 aliphatic heterocycles. The molecule has 1 aliphatic rings. The van der Waals surface area contributed by atoms with E-state index in [1.54, 1.807) is 14.0 Å². The van der Waals surface area contributed by atoms with Crippen molar-refractivity contribution in [2.24, 2.45) is 7.05 Å². The van der Waals surface area contributed by atoms with Gasteiger partial charge in [0.05, 0.1) is 12.2 Å². The van der Waals surface area contributed by atoms with Crippen molar-refractivity contribution in [1.82, 2.24) is 15.1 Å². The van der Waals surface area contributed by atoms with Gasteiger partial charge in [-0.15, -0.1) is 0 Å². The SMILES string of the molecule is Cc1cc(C(=O)NCC2(C(F)(F)F)OC(=O)Nc3ccc(Cl)cc32)nn1C. The third-order valence-corrected chi connectivity index (χ3v) is 4.46. The van der Waals surface area contributed by atoms with Gasteiger partial charge in [-0.1, -0.05) is 11.6 Å². The molecule has 0 aliphatic carbocycles. The van der Waals surface area contributed by atoms with Gasteiger partial charge in [0.1, 0.15) is 5.69 Å². The highest BCUT2D eigenvalue weighted by Gasteiger charge is 2.62. The fraction of sp³-hybridized carbons (Fsp3) is 0.312. The number of benzene rings is 1. The number of rotatable bonds is 3. The molecular weight excluding hydrogens is 389 g/mol. The van der Waals surface area contributed by atoms with E-state index in [-0.39, 0.29) is 16.4 Å². The van der Waals surface area contributed by atoms with Gasteiger partial charge in [0.2, 0.25) is 0 Å². The van der Waals surface area contributed by atoms with Gasteiger partial charge in [-0.3, -0.25) is 14.8 Å². The van der Waals surface area contributed by atoms with Crippen LogP contribution in [0.5, 0.6) is 0 Å². The Morgan fingerprint density at radius 1 is 1.41 bits per heavy atom. The van der Waals surface area contributed by atoms with Crippen LogP contribution in [0.2, 0.25) is 5.02 Å². The zero-order chi connectivity index (χ0) is 20.0. The molecule has 2 aromatic rings. The van der Waals surface area contributed by atoms with E-state index in [2.05, 4.69) is 20.5 Å². The Bertz CT molecular complexity index is 909. The molecule has 3 rings (SSSR count). The first-order valence-electron chi connectivity index (χ1n) is 7.69. The van der Waals surface area contributed by atoms with Crippen molar-refractivity contribution in [3.63, 3.8) is 0 Å². The van der Waals surface area contributed by atoms with Crippen LogP contribution in [0.3, 0.4) is 0 Å². The van der Waals surface area contributed by atoms with Gasteiger partial charge >= 0.3 is 12.3 Å². The predicted octanol–water partition coefficient (Wildman–Crippen LogP) is 3.13. The van der Waals surface area contributed by atoms with Crippen molar-refractivity contribution >= 4 is 29.3 Å². The Kier molecular flexibility index (Phi) is 4.54. The third-order valence-electron chi connectivity index (χ3n) is 4.22. The van der Waals surface area contributed by atoms with Crippen LogP contribution < -0.4 is 10.6 Å². The lowest BCUT2D eigenvalue weighted by Gasteiger charge is -2.39. The van der Waals surface area contributed by atoms with Gasteiger partial charge < -0.3 is 10.1 Å². The van der Waals surface area contributed by atoms with Crippen LogP contribution >= 0.6 is 11.6 Å². The zero-order valence-electron chi connectivity index (χ0n) is 14.1. The normalized spacial score (nSPS) is 19.1. The molecule has 1 aromatic carbocycles. The highest BCUT2D eigenvalue weighted by Crippen LogP contribution is 2.47. The highest BCUT2D eigenvalue weighted by atomic mass is 35.5. The summed E-state index contributed by atoms with van der Waals surface area (Å²) in [5, 5.41) is 8.29. The number of fused-ring (bicyclic) bond motifs is 1. The van der Waals surface area contributed by atoms with Crippen LogP contribution in [0, 0.1) is 6.92 Å². The molecular formula is C16H14ClF3N4O3. The second-order valence-corrected chi connectivity index (χ2v) is 6.44. The van der Waals surface area contributed by atoms with E-state index < -0.39 is 35.9 Å². The van der Waals surface area contributed by atoms with Crippen molar-refractivity contribution in [1.29, 1.82) is 0 Å². The lowest BCUT2D eigenvalue weighted by Crippen LogP contribution is -2.56. The molecule has 27 heavy (non-hydrogen) atoms. The highest BCUT2D eigenvalue weighted by molar-refractivity contribution is 6.30. The Balaban J connectivity index is 1.99. The van der Waals surface area contributed by atoms with E-state index in [0.717, 1.165) is 6.07 Å². The third kappa shape index (κ3) is 3.32. The first-order chi connectivity index (χ1) is 12.5. The minimum absolute atomic E-state index is 0.0220. The number of carbonyl (C=O) groups excluding carboxylic acids is 2. The van der Waals surface area contributed by atoms with Crippen molar-refractivity contribution in [2.75, 3.05) is 11.9 Å². The molecule has 11 heteroatoms. The lowest BCUT2D eigenvalue weighted by atomic mass is 9.89. The molecule has 0 spiro atoms. The van der Waals surface area contributed by atoms with E-state index in [4.69, 9.17) is 11.6 Å². The Labute approximate surface area is 156 Å². The largest absolute Gasteiger partial charge is 0.434 e. The maximum Gasteiger partial charge on any atom is 0.434 e. The van der Waals surface area contributed by atoms with Gasteiger partial charge in [0.25, 0.3) is 11.5 Å². The lowest BCUT2D eigenvalue weighted by molar-refractivity contribution is -0.261. The number of nitrogens with one attached hydrogen (secondary N) is 2. The number of amides is 2. The number of aromatic nitrogens is 2. The summed E-state index contributed by atoms with van der Waals surface area (Å²) in [4.78, 5) is 24.0. The number of anilines is 1. The number of alkyl halides is 3. The monoisotopic (exact) mass is 402 g/mol. The zero-order valence-corrected chi connectivity index (χ0v) is 14.9. The summed E-state index contributed by atoms with van der Waals surface area (Å²) >= 11 is 5.83. The predicted molar refractivity (Wildman–Crippen MR) is 89.6 cm³/mol. The van der Waals surface area contributed by atoms with Crippen LogP contribution in [0.25, 0.3) is 0 Å². The van der Waals surface area contributed by atoms with Crippen molar-refractivity contribution in [2.45, 2.75) is 18.7 Å². The number of hydrogen-bond donors (Lipinski definition) is 2. The van der Waals surface area contributed by atoms with Gasteiger partial charge in [-0.2, -0.15) is 18.3 Å². The van der Waals surface area contributed by atoms with E-state index in [1.165, 1.54) is 22.9 Å². The molecule has 1 atom stereocenters. The van der Waals surface area contributed by atoms with E-state index in [0.29, 0.717) is 5.69 Å². The Hall–Kier alpha value is -2.75. The molecule has 0 bridgehead atoms. The number of cyclic esters (lactones) is 1. The van der Waals surface area contributed by atoms with Crippen molar-refractivity contribution in [3.8, 4) is 0 Å². The second-order valence-electron chi connectivity index (χ2n) is 6.01. The first kappa shape index (κ1) is 19.0. The smallest absolute Gasteiger partial charge is 0.426 e. The van der Waals surface area contributed by atoms with Gasteiger partial charge in [0, 0.05) is 23.3 Å². The van der Waals surface area contributed by atoms with Gasteiger partial charge in [-0.25, -0.2) is 4.79 Å². The number of halogens is 4. The summed E-state index contributed by atoms with van der Waals surface area (Å²) in [6.07, 6.45) is -6.30. The fourth-order valence-electron chi connectivity index (χ4n) is 2.72. The number of aryl methyl sites for hydroxylation is 2. The Morgan fingerprint density at radius 3 is 2.70 bits per heavy atom. The molecule has 2 amide bonds. The molecule has 1 unspecified atom stereocenters. The number of hydrogen-bond acceptors (Lipinski definition) is 4. The van der Waals surface area contributed by atoms with Crippen LogP contribution in [0.15, 0.2) is 24.3 Å². The number of carbonyl (C=O) groups is 2. The van der Waals surface area contributed by atoms with Gasteiger partial charge in [0.15, 0.2) is 0 Å². The maximum atomic E-state index is 14.0. The maximum absolute atomic E-state index is 14.0. The quantitative estimate of drug-likeness (QED) is 0.826. The Morgan fingerprint density at radius 2 is 2.11 bits per heavy atom. The van der Waals surface area contributed by atoms with E-state index >= 15 is 0 Å². The molecule has 0 radical (unpaired) electrons. The molecule has 2 N–H and O–H groups in total. The molecule has 0 fully saturated rings. The standard InChI is InChI=1S/C16H14ClF3N4O3/c1-8-5-12(23-24(8)2)13(25)21-7-15(16(18,19)20)10-6-9(17)3-4-11(10)22-14(26)27-15/h3-6H,7H2,1-2H3,(H,21,25)(H,22,26). The van der Waals surface area contributed by atoms with Crippen LogP contribution in [-0.4, -0.2) is 34.5 Å². The minimum atomic E-state index is -5.02. The average molecular weight is 403 g/mol. The minimum Gasteiger partial charge on any atom is -0.426 e. The molecule has 0 saturated carbocycles. The first-order valence-corrected chi connectivity index (χ1v) is 8.07. The number of ether oxygens (including phenoxy) is 1. The van der Waals surface area contributed by atoms with E-state index in [1.807, 2.05) is 0 Å². The van der Waals surface area contributed by atoms with Crippen molar-refractivity contribution < 1.29 is 27.5 Å². The molecule has 1 aromatic heterocycles. The summed E-state index contributed by atoms with van der Waals surface area (Å²) in [5.74, 6) is -0.833. The average Bonchev–Trinajstić information content (AvgIpc) is 2.91. The number of nitrogens with zero attached hydrogens (tertiary/aromatic N) is 2. The topological polar surface area (TPSA) is 85.2 Å². The fourth-order valence-corrected chi connectivity index (χ4v) is 2.89. The van der Waals surface area contributed by atoms with E-state index in [9.17, 15) is 22.8 Å². The second kappa shape index (κ2) is 6.45.